The van der Waals surface area contributed by atoms with Crippen molar-refractivity contribution in [3.05, 3.63) is 24.5 Å². The molecule has 2 saturated heterocycles. The van der Waals surface area contributed by atoms with Gasteiger partial charge in [-0.25, -0.2) is 9.97 Å². The monoisotopic (exact) mass is 355 g/mol. The van der Waals surface area contributed by atoms with Gasteiger partial charge >= 0.3 is 0 Å². The molecule has 26 heavy (non-hydrogen) atoms. The molecule has 8 heteroatoms. The number of amides is 2. The van der Waals surface area contributed by atoms with Gasteiger partial charge < -0.3 is 19.9 Å². The summed E-state index contributed by atoms with van der Waals surface area (Å²) >= 11 is 0. The summed E-state index contributed by atoms with van der Waals surface area (Å²) < 4.78 is 5.33. The van der Waals surface area contributed by atoms with Gasteiger partial charge in [-0.3, -0.25) is 9.59 Å². The molecule has 136 valence electrons. The molecule has 2 aliphatic rings. The van der Waals surface area contributed by atoms with Crippen LogP contribution in [0.3, 0.4) is 0 Å². The average molecular weight is 355 g/mol. The topological polar surface area (TPSA) is 87.7 Å². The number of ether oxygens (including phenoxy) is 1. The molecule has 2 fully saturated rings. The lowest BCUT2D eigenvalue weighted by atomic mass is 10.1. The fourth-order valence-electron chi connectivity index (χ4n) is 3.59. The average Bonchev–Trinajstić information content (AvgIpc) is 3.13. The number of hydrogen-bond donors (Lipinski definition) is 1. The van der Waals surface area contributed by atoms with E-state index in [0.717, 1.165) is 29.7 Å². The first kappa shape index (κ1) is 16.6. The molecule has 0 bridgehead atoms. The van der Waals surface area contributed by atoms with Crippen molar-refractivity contribution in [2.75, 3.05) is 38.2 Å². The minimum atomic E-state index is -0.351. The summed E-state index contributed by atoms with van der Waals surface area (Å²) in [6.45, 7) is 2.78. The van der Waals surface area contributed by atoms with Crippen LogP contribution in [0.15, 0.2) is 24.5 Å². The van der Waals surface area contributed by atoms with Gasteiger partial charge in [-0.15, -0.1) is 0 Å². The van der Waals surface area contributed by atoms with E-state index in [1.807, 2.05) is 23.1 Å². The molecule has 1 unspecified atom stereocenters. The maximum absolute atomic E-state index is 12.5. The van der Waals surface area contributed by atoms with Crippen molar-refractivity contribution in [3.8, 4) is 5.88 Å². The molecule has 0 radical (unpaired) electrons. The molecular weight excluding hydrogens is 334 g/mol. The standard InChI is InChI=1S/C18H21N5O3/c1-26-17-13-10-12(2-3-14(13)19-11-20-17)22-6-8-23(9-7-22)18(25)15-4-5-16(24)21-15/h2-3,10-11,15H,4-9H2,1H3,(H,21,24). The molecule has 0 aliphatic carbocycles. The van der Waals surface area contributed by atoms with E-state index in [1.54, 1.807) is 7.11 Å². The third-order valence-electron chi connectivity index (χ3n) is 5.03. The van der Waals surface area contributed by atoms with Crippen LogP contribution >= 0.6 is 0 Å². The predicted molar refractivity (Wildman–Crippen MR) is 96.0 cm³/mol. The third-order valence-corrected chi connectivity index (χ3v) is 5.03. The van der Waals surface area contributed by atoms with Crippen molar-refractivity contribution in [1.82, 2.24) is 20.2 Å². The number of rotatable bonds is 3. The van der Waals surface area contributed by atoms with E-state index in [1.165, 1.54) is 6.33 Å². The van der Waals surface area contributed by atoms with Crippen LogP contribution in [0.4, 0.5) is 5.69 Å². The van der Waals surface area contributed by atoms with E-state index in [2.05, 4.69) is 20.2 Å². The summed E-state index contributed by atoms with van der Waals surface area (Å²) in [6, 6.07) is 5.67. The fraction of sp³-hybridized carbons (Fsp3) is 0.444. The molecule has 2 amide bonds. The molecule has 0 saturated carbocycles. The van der Waals surface area contributed by atoms with E-state index in [0.29, 0.717) is 31.8 Å². The van der Waals surface area contributed by atoms with Crippen LogP contribution in [0.2, 0.25) is 0 Å². The molecule has 8 nitrogen and oxygen atoms in total. The van der Waals surface area contributed by atoms with Gasteiger partial charge in [0.05, 0.1) is 18.0 Å². The maximum Gasteiger partial charge on any atom is 0.245 e. The third kappa shape index (κ3) is 3.02. The van der Waals surface area contributed by atoms with Gasteiger partial charge in [-0.05, 0) is 24.6 Å². The Hall–Kier alpha value is -2.90. The highest BCUT2D eigenvalue weighted by molar-refractivity contribution is 5.91. The Morgan fingerprint density at radius 2 is 2.04 bits per heavy atom. The van der Waals surface area contributed by atoms with Crippen LogP contribution in [0.25, 0.3) is 10.9 Å². The van der Waals surface area contributed by atoms with Crippen molar-refractivity contribution in [2.24, 2.45) is 0 Å². The molecule has 0 spiro atoms. The number of carbonyl (C=O) groups is 2. The molecule has 4 rings (SSSR count). The molecule has 2 aliphatic heterocycles. The highest BCUT2D eigenvalue weighted by atomic mass is 16.5. The van der Waals surface area contributed by atoms with Crippen molar-refractivity contribution >= 4 is 28.4 Å². The van der Waals surface area contributed by atoms with Crippen molar-refractivity contribution in [1.29, 1.82) is 0 Å². The largest absolute Gasteiger partial charge is 0.480 e. The van der Waals surface area contributed by atoms with Gasteiger partial charge in [0, 0.05) is 38.3 Å². The summed E-state index contributed by atoms with van der Waals surface area (Å²) in [6.07, 6.45) is 2.53. The lowest BCUT2D eigenvalue weighted by Gasteiger charge is -2.37. The summed E-state index contributed by atoms with van der Waals surface area (Å²) in [5, 5.41) is 3.63. The number of fused-ring (bicyclic) bond motifs is 1. The second-order valence-corrected chi connectivity index (χ2v) is 6.56. The Bertz CT molecular complexity index is 848. The Labute approximate surface area is 151 Å². The van der Waals surface area contributed by atoms with Gasteiger partial charge in [0.25, 0.3) is 0 Å². The predicted octanol–water partition coefficient (Wildman–Crippen LogP) is 0.566. The number of nitrogens with zero attached hydrogens (tertiary/aromatic N) is 4. The molecule has 2 aromatic rings. The lowest BCUT2D eigenvalue weighted by Crippen LogP contribution is -2.53. The number of nitrogens with one attached hydrogen (secondary N) is 1. The first-order valence-electron chi connectivity index (χ1n) is 8.77. The fourth-order valence-corrected chi connectivity index (χ4v) is 3.59. The van der Waals surface area contributed by atoms with Gasteiger partial charge in [-0.1, -0.05) is 0 Å². The number of methoxy groups -OCH3 is 1. The Morgan fingerprint density at radius 3 is 2.73 bits per heavy atom. The SMILES string of the molecule is COc1ncnc2ccc(N3CCN(C(=O)C4CCC(=O)N4)CC3)cc12. The second kappa shape index (κ2) is 6.78. The zero-order chi connectivity index (χ0) is 18.1. The van der Waals surface area contributed by atoms with Crippen molar-refractivity contribution < 1.29 is 14.3 Å². The normalized spacial score (nSPS) is 20.3. The van der Waals surface area contributed by atoms with Crippen LogP contribution in [0, 0.1) is 0 Å². The van der Waals surface area contributed by atoms with Crippen molar-refractivity contribution in [3.63, 3.8) is 0 Å². The zero-order valence-corrected chi connectivity index (χ0v) is 14.6. The first-order chi connectivity index (χ1) is 12.7. The summed E-state index contributed by atoms with van der Waals surface area (Å²) in [5.74, 6) is 0.557. The highest BCUT2D eigenvalue weighted by Gasteiger charge is 2.32. The van der Waals surface area contributed by atoms with Crippen LogP contribution < -0.4 is 15.0 Å². The van der Waals surface area contributed by atoms with E-state index in [4.69, 9.17) is 4.74 Å². The lowest BCUT2D eigenvalue weighted by molar-refractivity contribution is -0.134. The van der Waals surface area contributed by atoms with Crippen LogP contribution in [0.1, 0.15) is 12.8 Å². The van der Waals surface area contributed by atoms with E-state index in [-0.39, 0.29) is 17.9 Å². The van der Waals surface area contributed by atoms with E-state index >= 15 is 0 Å². The number of piperazine rings is 1. The molecule has 3 heterocycles. The second-order valence-electron chi connectivity index (χ2n) is 6.56. The molecule has 1 N–H and O–H groups in total. The van der Waals surface area contributed by atoms with Gasteiger partial charge in [0.15, 0.2) is 0 Å². The molecular formula is C18H21N5O3. The molecule has 1 aromatic carbocycles. The number of carbonyl (C=O) groups excluding carboxylic acids is 2. The Balaban J connectivity index is 1.45. The maximum atomic E-state index is 12.5. The number of aromatic nitrogens is 2. The van der Waals surface area contributed by atoms with Crippen LogP contribution in [0.5, 0.6) is 5.88 Å². The van der Waals surface area contributed by atoms with Crippen LogP contribution in [-0.2, 0) is 9.59 Å². The van der Waals surface area contributed by atoms with Gasteiger partial charge in [0.2, 0.25) is 17.7 Å². The Morgan fingerprint density at radius 1 is 1.23 bits per heavy atom. The summed E-state index contributed by atoms with van der Waals surface area (Å²) in [5.41, 5.74) is 1.90. The number of anilines is 1. The minimum Gasteiger partial charge on any atom is -0.480 e. The highest BCUT2D eigenvalue weighted by Crippen LogP contribution is 2.27. The number of hydrogen-bond acceptors (Lipinski definition) is 6. The minimum absolute atomic E-state index is 0.0316. The zero-order valence-electron chi connectivity index (χ0n) is 14.6. The quantitative estimate of drug-likeness (QED) is 0.866. The summed E-state index contributed by atoms with van der Waals surface area (Å²) in [7, 11) is 1.60. The van der Waals surface area contributed by atoms with E-state index in [9.17, 15) is 9.59 Å². The van der Waals surface area contributed by atoms with E-state index < -0.39 is 0 Å². The van der Waals surface area contributed by atoms with Gasteiger partial charge in [-0.2, -0.15) is 0 Å². The smallest absolute Gasteiger partial charge is 0.245 e. The van der Waals surface area contributed by atoms with Crippen LogP contribution in [-0.4, -0.2) is 66.0 Å². The first-order valence-corrected chi connectivity index (χ1v) is 8.77. The summed E-state index contributed by atoms with van der Waals surface area (Å²) in [4.78, 5) is 36.3. The molecule has 1 aromatic heterocycles. The Kier molecular flexibility index (Phi) is 4.32. The number of benzene rings is 1. The van der Waals surface area contributed by atoms with Gasteiger partial charge in [0.1, 0.15) is 12.4 Å². The van der Waals surface area contributed by atoms with Crippen molar-refractivity contribution in [2.45, 2.75) is 18.9 Å². The molecule has 1 atom stereocenters.